The molecule has 0 radical (unpaired) electrons. The zero-order valence-corrected chi connectivity index (χ0v) is 11.8. The van der Waals surface area contributed by atoms with Gasteiger partial charge in [-0.25, -0.2) is 9.78 Å². The Morgan fingerprint density at radius 3 is 2.71 bits per heavy atom. The fourth-order valence-corrected chi connectivity index (χ4v) is 1.38. The van der Waals surface area contributed by atoms with Crippen molar-refractivity contribution in [3.05, 3.63) is 22.3 Å². The van der Waals surface area contributed by atoms with Crippen molar-refractivity contribution in [2.75, 3.05) is 32.5 Å². The number of hydrogen-bond acceptors (Lipinski definition) is 3. The highest BCUT2D eigenvalue weighted by molar-refractivity contribution is 9.10. The zero-order chi connectivity index (χ0) is 12.8. The molecule has 1 aromatic rings. The lowest BCUT2D eigenvalue weighted by molar-refractivity contribution is 0.218. The minimum atomic E-state index is -0.0910. The summed E-state index contributed by atoms with van der Waals surface area (Å²) in [6.07, 6.45) is 0. The zero-order valence-electron chi connectivity index (χ0n) is 10.2. The molecule has 0 bridgehead atoms. The number of halogens is 1. The van der Waals surface area contributed by atoms with E-state index in [1.54, 1.807) is 14.1 Å². The Morgan fingerprint density at radius 2 is 2.12 bits per heavy atom. The van der Waals surface area contributed by atoms with Gasteiger partial charge in [0.25, 0.3) is 0 Å². The molecule has 5 nitrogen and oxygen atoms in total. The Labute approximate surface area is 110 Å². The fraction of sp³-hybridized carbons (Fsp3) is 0.455. The largest absolute Gasteiger partial charge is 0.368 e. The van der Waals surface area contributed by atoms with Crippen molar-refractivity contribution in [1.82, 2.24) is 15.2 Å². The Balaban J connectivity index is 2.31. The van der Waals surface area contributed by atoms with Gasteiger partial charge in [0.15, 0.2) is 0 Å². The number of urea groups is 1. The van der Waals surface area contributed by atoms with Gasteiger partial charge >= 0.3 is 6.03 Å². The molecule has 0 aliphatic rings. The number of nitrogens with one attached hydrogen (secondary N) is 2. The van der Waals surface area contributed by atoms with E-state index in [2.05, 4.69) is 31.5 Å². The number of aryl methyl sites for hydroxylation is 1. The first-order valence-electron chi connectivity index (χ1n) is 5.33. The summed E-state index contributed by atoms with van der Waals surface area (Å²) >= 11 is 3.39. The van der Waals surface area contributed by atoms with Crippen LogP contribution < -0.4 is 10.6 Å². The van der Waals surface area contributed by atoms with Crippen LogP contribution in [-0.4, -0.2) is 43.1 Å². The lowest BCUT2D eigenvalue weighted by Gasteiger charge is -2.12. The molecule has 0 saturated carbocycles. The Kier molecular flexibility index (Phi) is 5.21. The summed E-state index contributed by atoms with van der Waals surface area (Å²) in [6, 6.07) is 3.75. The minimum Gasteiger partial charge on any atom is -0.368 e. The van der Waals surface area contributed by atoms with Gasteiger partial charge in [-0.05, 0) is 35.0 Å². The Bertz CT molecular complexity index is 395. The van der Waals surface area contributed by atoms with Crippen molar-refractivity contribution in [2.45, 2.75) is 6.92 Å². The van der Waals surface area contributed by atoms with Crippen molar-refractivity contribution < 1.29 is 4.79 Å². The molecule has 6 heteroatoms. The summed E-state index contributed by atoms with van der Waals surface area (Å²) in [6.45, 7) is 3.14. The van der Waals surface area contributed by atoms with Gasteiger partial charge in [-0.15, -0.1) is 0 Å². The first kappa shape index (κ1) is 13.8. The Morgan fingerprint density at radius 1 is 1.41 bits per heavy atom. The van der Waals surface area contributed by atoms with Crippen LogP contribution in [0.25, 0.3) is 0 Å². The van der Waals surface area contributed by atoms with E-state index in [0.29, 0.717) is 13.1 Å². The number of nitrogens with zero attached hydrogens (tertiary/aromatic N) is 2. The van der Waals surface area contributed by atoms with Gasteiger partial charge in [0.05, 0.1) is 5.69 Å². The second-order valence-electron chi connectivity index (χ2n) is 3.82. The molecule has 0 unspecified atom stereocenters. The van der Waals surface area contributed by atoms with Gasteiger partial charge in [-0.1, -0.05) is 0 Å². The molecule has 0 aliphatic carbocycles. The number of carbonyl (C=O) groups excluding carboxylic acids is 1. The SMILES string of the molecule is Cc1nc(NCCNC(=O)N(C)C)ccc1Br. The second kappa shape index (κ2) is 6.44. The molecule has 0 saturated heterocycles. The maximum Gasteiger partial charge on any atom is 0.316 e. The maximum absolute atomic E-state index is 11.2. The quantitative estimate of drug-likeness (QED) is 0.834. The number of pyridine rings is 1. The molecule has 0 atom stereocenters. The summed E-state index contributed by atoms with van der Waals surface area (Å²) in [4.78, 5) is 17.1. The van der Waals surface area contributed by atoms with Crippen LogP contribution in [0.1, 0.15) is 5.69 Å². The molecule has 94 valence electrons. The molecule has 0 aromatic carbocycles. The monoisotopic (exact) mass is 300 g/mol. The van der Waals surface area contributed by atoms with Gasteiger partial charge in [0.1, 0.15) is 5.82 Å². The first-order chi connectivity index (χ1) is 8.00. The van der Waals surface area contributed by atoms with Crippen LogP contribution in [-0.2, 0) is 0 Å². The molecule has 0 aliphatic heterocycles. The molecular formula is C11H17BrN4O. The summed E-state index contributed by atoms with van der Waals surface area (Å²) < 4.78 is 0.990. The number of aromatic nitrogens is 1. The second-order valence-corrected chi connectivity index (χ2v) is 4.67. The molecule has 17 heavy (non-hydrogen) atoms. The summed E-state index contributed by atoms with van der Waals surface area (Å²) in [5, 5.41) is 5.91. The molecule has 1 heterocycles. The van der Waals surface area contributed by atoms with E-state index in [0.717, 1.165) is 16.0 Å². The van der Waals surface area contributed by atoms with Crippen LogP contribution in [0.4, 0.5) is 10.6 Å². The summed E-state index contributed by atoms with van der Waals surface area (Å²) in [5.41, 5.74) is 0.937. The smallest absolute Gasteiger partial charge is 0.316 e. The van der Waals surface area contributed by atoms with Crippen LogP contribution in [0, 0.1) is 6.92 Å². The van der Waals surface area contributed by atoms with E-state index in [1.807, 2.05) is 19.1 Å². The van der Waals surface area contributed by atoms with Crippen molar-refractivity contribution in [1.29, 1.82) is 0 Å². The standard InChI is InChI=1S/C11H17BrN4O/c1-8-9(12)4-5-10(15-8)13-6-7-14-11(17)16(2)3/h4-5H,6-7H2,1-3H3,(H,13,15)(H,14,17). The third-order valence-electron chi connectivity index (χ3n) is 2.13. The summed E-state index contributed by atoms with van der Waals surface area (Å²) in [7, 11) is 3.42. The van der Waals surface area contributed by atoms with E-state index in [-0.39, 0.29) is 6.03 Å². The average Bonchev–Trinajstić information content (AvgIpc) is 2.28. The van der Waals surface area contributed by atoms with E-state index < -0.39 is 0 Å². The average molecular weight is 301 g/mol. The number of anilines is 1. The lowest BCUT2D eigenvalue weighted by atomic mass is 10.4. The molecule has 0 fully saturated rings. The highest BCUT2D eigenvalue weighted by atomic mass is 79.9. The van der Waals surface area contributed by atoms with E-state index >= 15 is 0 Å². The van der Waals surface area contributed by atoms with Crippen LogP contribution in [0.3, 0.4) is 0 Å². The highest BCUT2D eigenvalue weighted by Crippen LogP contribution is 2.15. The van der Waals surface area contributed by atoms with Crippen molar-refractivity contribution in [2.24, 2.45) is 0 Å². The van der Waals surface area contributed by atoms with Crippen molar-refractivity contribution >= 4 is 27.8 Å². The predicted molar refractivity (Wildman–Crippen MR) is 72.2 cm³/mol. The molecule has 1 rings (SSSR count). The topological polar surface area (TPSA) is 57.3 Å². The third-order valence-corrected chi connectivity index (χ3v) is 2.97. The van der Waals surface area contributed by atoms with E-state index in [9.17, 15) is 4.79 Å². The minimum absolute atomic E-state index is 0.0910. The van der Waals surface area contributed by atoms with Crippen molar-refractivity contribution in [3.63, 3.8) is 0 Å². The normalized spacial score (nSPS) is 9.88. The van der Waals surface area contributed by atoms with Crippen LogP contribution in [0.5, 0.6) is 0 Å². The van der Waals surface area contributed by atoms with Gasteiger partial charge in [0, 0.05) is 31.7 Å². The van der Waals surface area contributed by atoms with Gasteiger partial charge in [-0.2, -0.15) is 0 Å². The van der Waals surface area contributed by atoms with Crippen molar-refractivity contribution in [3.8, 4) is 0 Å². The third kappa shape index (κ3) is 4.60. The molecule has 0 spiro atoms. The number of amides is 2. The van der Waals surface area contributed by atoms with Crippen LogP contribution in [0.15, 0.2) is 16.6 Å². The van der Waals surface area contributed by atoms with Crippen LogP contribution in [0.2, 0.25) is 0 Å². The maximum atomic E-state index is 11.2. The van der Waals surface area contributed by atoms with E-state index in [1.165, 1.54) is 4.90 Å². The van der Waals surface area contributed by atoms with Gasteiger partial charge in [0.2, 0.25) is 0 Å². The van der Waals surface area contributed by atoms with Crippen LogP contribution >= 0.6 is 15.9 Å². The van der Waals surface area contributed by atoms with Gasteiger partial charge in [-0.3, -0.25) is 0 Å². The number of hydrogen-bond donors (Lipinski definition) is 2. The molecule has 1 aromatic heterocycles. The number of carbonyl (C=O) groups is 1. The first-order valence-corrected chi connectivity index (χ1v) is 6.12. The van der Waals surface area contributed by atoms with E-state index in [4.69, 9.17) is 0 Å². The molecular weight excluding hydrogens is 284 g/mol. The Hall–Kier alpha value is -1.30. The molecule has 2 N–H and O–H groups in total. The highest BCUT2D eigenvalue weighted by Gasteiger charge is 2.01. The lowest BCUT2D eigenvalue weighted by Crippen LogP contribution is -2.37. The molecule has 2 amide bonds. The number of rotatable bonds is 4. The predicted octanol–water partition coefficient (Wildman–Crippen LogP) is 1.84. The summed E-state index contributed by atoms with van der Waals surface area (Å²) in [5.74, 6) is 0.810. The fourth-order valence-electron chi connectivity index (χ4n) is 1.16. The van der Waals surface area contributed by atoms with Gasteiger partial charge < -0.3 is 15.5 Å².